The molecule has 1 amide bonds. The van der Waals surface area contributed by atoms with Gasteiger partial charge in [0.05, 0.1) is 24.8 Å². The van der Waals surface area contributed by atoms with E-state index in [9.17, 15) is 4.79 Å². The highest BCUT2D eigenvalue weighted by Gasteiger charge is 2.29. The Balaban J connectivity index is 2.45. The van der Waals surface area contributed by atoms with Crippen molar-refractivity contribution in [2.75, 3.05) is 19.8 Å². The van der Waals surface area contributed by atoms with Crippen LogP contribution in [0.15, 0.2) is 0 Å². The first-order valence-electron chi connectivity index (χ1n) is 4.88. The van der Waals surface area contributed by atoms with Crippen LogP contribution in [-0.2, 0) is 4.79 Å². The minimum Gasteiger partial charge on any atom is -0.394 e. The number of carbonyl (C=O) groups excluding carboxylic acids is 1. The van der Waals surface area contributed by atoms with Crippen molar-refractivity contribution < 1.29 is 15.0 Å². The maximum Gasteiger partial charge on any atom is 0.237 e. The Kier molecular flexibility index (Phi) is 3.86. The second-order valence-corrected chi connectivity index (χ2v) is 4.02. The Morgan fingerprint density at radius 3 is 2.64 bits per heavy atom. The Hall–Kier alpha value is -0.650. The van der Waals surface area contributed by atoms with Crippen LogP contribution in [0.25, 0.3) is 0 Å². The summed E-state index contributed by atoms with van der Waals surface area (Å²) in [5.41, 5.74) is -0.915. The summed E-state index contributed by atoms with van der Waals surface area (Å²) >= 11 is 0. The molecule has 0 aliphatic carbocycles. The Bertz CT molecular complexity index is 198. The number of hydrogen-bond donors (Lipinski definition) is 4. The summed E-state index contributed by atoms with van der Waals surface area (Å²) in [5.74, 6) is -0.145. The SMILES string of the molecule is CC(CO)(CO)NC(=O)[C@@H]1CCCN1. The van der Waals surface area contributed by atoms with Gasteiger partial charge in [0.1, 0.15) is 0 Å². The first-order chi connectivity index (χ1) is 6.61. The van der Waals surface area contributed by atoms with Crippen molar-refractivity contribution in [3.05, 3.63) is 0 Å². The molecule has 0 saturated carbocycles. The molecule has 1 saturated heterocycles. The van der Waals surface area contributed by atoms with Gasteiger partial charge >= 0.3 is 0 Å². The fraction of sp³-hybridized carbons (Fsp3) is 0.889. The van der Waals surface area contributed by atoms with Crippen LogP contribution >= 0.6 is 0 Å². The van der Waals surface area contributed by atoms with Crippen molar-refractivity contribution in [1.82, 2.24) is 10.6 Å². The van der Waals surface area contributed by atoms with E-state index in [2.05, 4.69) is 10.6 Å². The molecular formula is C9H18N2O3. The van der Waals surface area contributed by atoms with Gasteiger partial charge in [-0.25, -0.2) is 0 Å². The van der Waals surface area contributed by atoms with Gasteiger partial charge in [0, 0.05) is 0 Å². The number of hydrogen-bond acceptors (Lipinski definition) is 4. The molecule has 1 fully saturated rings. The zero-order valence-electron chi connectivity index (χ0n) is 8.42. The molecule has 5 nitrogen and oxygen atoms in total. The van der Waals surface area contributed by atoms with Gasteiger partial charge in [0.25, 0.3) is 0 Å². The lowest BCUT2D eigenvalue weighted by molar-refractivity contribution is -0.125. The molecule has 0 spiro atoms. The van der Waals surface area contributed by atoms with E-state index in [-0.39, 0.29) is 25.2 Å². The van der Waals surface area contributed by atoms with E-state index in [1.165, 1.54) is 0 Å². The van der Waals surface area contributed by atoms with E-state index < -0.39 is 5.54 Å². The van der Waals surface area contributed by atoms with Crippen molar-refractivity contribution in [2.45, 2.75) is 31.3 Å². The lowest BCUT2D eigenvalue weighted by Gasteiger charge is -2.27. The standard InChI is InChI=1S/C9H18N2O3/c1-9(5-12,6-13)11-8(14)7-3-2-4-10-7/h7,10,12-13H,2-6H2,1H3,(H,11,14)/t7-/m0/s1. The van der Waals surface area contributed by atoms with E-state index in [1.807, 2.05) is 0 Å². The predicted octanol–water partition coefficient (Wildman–Crippen LogP) is -1.40. The predicted molar refractivity (Wildman–Crippen MR) is 51.7 cm³/mol. The van der Waals surface area contributed by atoms with Gasteiger partial charge in [-0.3, -0.25) is 4.79 Å². The summed E-state index contributed by atoms with van der Waals surface area (Å²) in [4.78, 5) is 11.6. The summed E-state index contributed by atoms with van der Waals surface area (Å²) < 4.78 is 0. The molecule has 4 N–H and O–H groups in total. The minimum absolute atomic E-state index is 0.145. The fourth-order valence-corrected chi connectivity index (χ4v) is 1.42. The Labute approximate surface area is 83.5 Å². The van der Waals surface area contributed by atoms with Crippen LogP contribution in [0.2, 0.25) is 0 Å². The lowest BCUT2D eigenvalue weighted by Crippen LogP contribution is -2.56. The summed E-state index contributed by atoms with van der Waals surface area (Å²) in [5, 5.41) is 23.6. The highest BCUT2D eigenvalue weighted by atomic mass is 16.3. The molecule has 0 aromatic rings. The molecule has 1 heterocycles. The lowest BCUT2D eigenvalue weighted by atomic mass is 10.0. The average molecular weight is 202 g/mol. The van der Waals surface area contributed by atoms with E-state index >= 15 is 0 Å². The normalized spacial score (nSPS) is 22.4. The van der Waals surface area contributed by atoms with Gasteiger partial charge in [-0.05, 0) is 26.3 Å². The fourth-order valence-electron chi connectivity index (χ4n) is 1.42. The molecule has 82 valence electrons. The highest BCUT2D eigenvalue weighted by Crippen LogP contribution is 2.07. The molecule has 1 atom stereocenters. The maximum absolute atomic E-state index is 11.6. The van der Waals surface area contributed by atoms with E-state index in [1.54, 1.807) is 6.92 Å². The number of aliphatic hydroxyl groups excluding tert-OH is 2. The number of amides is 1. The van der Waals surface area contributed by atoms with E-state index in [4.69, 9.17) is 10.2 Å². The van der Waals surface area contributed by atoms with Crippen molar-refractivity contribution in [3.63, 3.8) is 0 Å². The molecule has 0 aromatic carbocycles. The van der Waals surface area contributed by atoms with Crippen LogP contribution in [0.1, 0.15) is 19.8 Å². The maximum atomic E-state index is 11.6. The third-order valence-corrected chi connectivity index (χ3v) is 2.50. The van der Waals surface area contributed by atoms with Crippen LogP contribution in [0.3, 0.4) is 0 Å². The minimum atomic E-state index is -0.915. The largest absolute Gasteiger partial charge is 0.394 e. The molecule has 1 aliphatic heterocycles. The molecule has 1 rings (SSSR count). The molecule has 1 aliphatic rings. The van der Waals surface area contributed by atoms with Crippen LogP contribution in [0.5, 0.6) is 0 Å². The van der Waals surface area contributed by atoms with Crippen LogP contribution < -0.4 is 10.6 Å². The molecule has 5 heteroatoms. The Morgan fingerprint density at radius 1 is 1.57 bits per heavy atom. The smallest absolute Gasteiger partial charge is 0.237 e. The molecule has 0 radical (unpaired) electrons. The van der Waals surface area contributed by atoms with Gasteiger partial charge in [-0.1, -0.05) is 0 Å². The van der Waals surface area contributed by atoms with Crippen molar-refractivity contribution in [1.29, 1.82) is 0 Å². The van der Waals surface area contributed by atoms with Crippen LogP contribution in [0, 0.1) is 0 Å². The van der Waals surface area contributed by atoms with Crippen LogP contribution in [0.4, 0.5) is 0 Å². The molecular weight excluding hydrogens is 184 g/mol. The van der Waals surface area contributed by atoms with Crippen molar-refractivity contribution in [3.8, 4) is 0 Å². The molecule has 0 bridgehead atoms. The topological polar surface area (TPSA) is 81.6 Å². The average Bonchev–Trinajstić information content (AvgIpc) is 2.70. The molecule has 14 heavy (non-hydrogen) atoms. The van der Waals surface area contributed by atoms with Crippen molar-refractivity contribution in [2.24, 2.45) is 0 Å². The number of rotatable bonds is 4. The molecule has 0 unspecified atom stereocenters. The van der Waals surface area contributed by atoms with E-state index in [0.29, 0.717) is 0 Å². The quantitative estimate of drug-likeness (QED) is 0.452. The summed E-state index contributed by atoms with van der Waals surface area (Å²) in [6, 6.07) is -0.174. The first kappa shape index (κ1) is 11.4. The van der Waals surface area contributed by atoms with Crippen LogP contribution in [-0.4, -0.2) is 47.5 Å². The monoisotopic (exact) mass is 202 g/mol. The summed E-state index contributed by atoms with van der Waals surface area (Å²) in [6.07, 6.45) is 1.81. The zero-order valence-corrected chi connectivity index (χ0v) is 8.42. The van der Waals surface area contributed by atoms with Gasteiger partial charge in [-0.15, -0.1) is 0 Å². The molecule has 0 aromatic heterocycles. The highest BCUT2D eigenvalue weighted by molar-refractivity contribution is 5.82. The third kappa shape index (κ3) is 2.67. The third-order valence-electron chi connectivity index (χ3n) is 2.50. The second-order valence-electron chi connectivity index (χ2n) is 4.02. The number of aliphatic hydroxyl groups is 2. The van der Waals surface area contributed by atoms with Gasteiger partial charge in [0.15, 0.2) is 0 Å². The van der Waals surface area contributed by atoms with Gasteiger partial charge < -0.3 is 20.8 Å². The van der Waals surface area contributed by atoms with Gasteiger partial charge in [0.2, 0.25) is 5.91 Å². The van der Waals surface area contributed by atoms with Crippen molar-refractivity contribution >= 4 is 5.91 Å². The second kappa shape index (κ2) is 4.72. The zero-order chi connectivity index (χ0) is 10.6. The summed E-state index contributed by atoms with van der Waals surface area (Å²) in [6.45, 7) is 1.94. The number of nitrogens with one attached hydrogen (secondary N) is 2. The van der Waals surface area contributed by atoms with Gasteiger partial charge in [-0.2, -0.15) is 0 Å². The Morgan fingerprint density at radius 2 is 2.21 bits per heavy atom. The first-order valence-corrected chi connectivity index (χ1v) is 4.88. The summed E-state index contributed by atoms with van der Waals surface area (Å²) in [7, 11) is 0. The van der Waals surface area contributed by atoms with E-state index in [0.717, 1.165) is 19.4 Å². The number of carbonyl (C=O) groups is 1.